The first-order valence-corrected chi connectivity index (χ1v) is 11.4. The highest BCUT2D eigenvalue weighted by Crippen LogP contribution is 2.54. The highest BCUT2D eigenvalue weighted by atomic mass is 79.9. The van der Waals surface area contributed by atoms with Crippen molar-refractivity contribution >= 4 is 38.8 Å². The fourth-order valence-electron chi connectivity index (χ4n) is 4.77. The Bertz CT molecular complexity index is 1010. The summed E-state index contributed by atoms with van der Waals surface area (Å²) in [6, 6.07) is 6.13. The van der Waals surface area contributed by atoms with Gasteiger partial charge in [0.1, 0.15) is 29.2 Å². The Labute approximate surface area is 181 Å². The maximum absolute atomic E-state index is 12.7. The van der Waals surface area contributed by atoms with Gasteiger partial charge in [-0.15, -0.1) is 0 Å². The lowest BCUT2D eigenvalue weighted by molar-refractivity contribution is 0.0155. The normalized spacial score (nSPS) is 30.3. The molecule has 29 heavy (non-hydrogen) atoms. The number of nitrogens with two attached hydrogens (primary N) is 1. The summed E-state index contributed by atoms with van der Waals surface area (Å²) in [4.78, 5) is 17.6. The molecule has 2 aromatic rings. The van der Waals surface area contributed by atoms with Crippen LogP contribution in [0, 0.1) is 12.8 Å². The van der Waals surface area contributed by atoms with Crippen molar-refractivity contribution in [1.82, 2.24) is 10.5 Å². The summed E-state index contributed by atoms with van der Waals surface area (Å²) in [5.41, 5.74) is 7.85. The Kier molecular flexibility index (Phi) is 4.62. The maximum atomic E-state index is 12.7. The van der Waals surface area contributed by atoms with Gasteiger partial charge < -0.3 is 20.3 Å². The lowest BCUT2D eigenvalue weighted by Gasteiger charge is -2.48. The molecule has 1 aliphatic carbocycles. The summed E-state index contributed by atoms with van der Waals surface area (Å²) in [6.45, 7) is 1.77. The second kappa shape index (κ2) is 7.05. The number of benzene rings is 1. The topological polar surface area (TPSA) is 103 Å². The Morgan fingerprint density at radius 2 is 2.28 bits per heavy atom. The molecule has 0 bridgehead atoms. The zero-order chi connectivity index (χ0) is 20.2. The van der Waals surface area contributed by atoms with Gasteiger partial charge in [0.25, 0.3) is 5.91 Å². The van der Waals surface area contributed by atoms with Crippen LogP contribution in [0.1, 0.15) is 40.9 Å². The number of amidine groups is 1. The lowest BCUT2D eigenvalue weighted by atomic mass is 9.67. The van der Waals surface area contributed by atoms with Crippen molar-refractivity contribution in [2.75, 3.05) is 5.75 Å². The van der Waals surface area contributed by atoms with E-state index in [0.29, 0.717) is 16.4 Å². The van der Waals surface area contributed by atoms with E-state index in [1.54, 1.807) is 18.7 Å². The number of amides is 1. The molecule has 0 saturated heterocycles. The van der Waals surface area contributed by atoms with Gasteiger partial charge >= 0.3 is 0 Å². The summed E-state index contributed by atoms with van der Waals surface area (Å²) < 4.78 is 12.3. The van der Waals surface area contributed by atoms with Crippen LogP contribution < -0.4 is 15.8 Å². The number of aromatic nitrogens is 1. The highest BCUT2D eigenvalue weighted by Gasteiger charge is 2.54. The third kappa shape index (κ3) is 3.15. The Morgan fingerprint density at radius 1 is 1.41 bits per heavy atom. The Balaban J connectivity index is 1.45. The molecule has 1 aromatic carbocycles. The van der Waals surface area contributed by atoms with Crippen LogP contribution in [0.2, 0.25) is 0 Å². The fourth-order valence-corrected chi connectivity index (χ4v) is 6.16. The molecule has 1 amide bonds. The van der Waals surface area contributed by atoms with Gasteiger partial charge in [-0.2, -0.15) is 0 Å². The number of aliphatic imine (C=N–C) groups is 1. The molecule has 3 N–H and O–H groups in total. The number of ether oxygens (including phenoxy) is 1. The van der Waals surface area contributed by atoms with E-state index in [9.17, 15) is 4.79 Å². The number of nitrogens with one attached hydrogen (secondary N) is 1. The third-order valence-corrected chi connectivity index (χ3v) is 7.63. The monoisotopic (exact) mass is 476 g/mol. The zero-order valence-corrected chi connectivity index (χ0v) is 18.3. The van der Waals surface area contributed by atoms with Crippen LogP contribution in [0.3, 0.4) is 0 Å². The van der Waals surface area contributed by atoms with E-state index in [2.05, 4.69) is 32.5 Å². The summed E-state index contributed by atoms with van der Waals surface area (Å²) in [6.07, 6.45) is 3.95. The Morgan fingerprint density at radius 3 is 3.00 bits per heavy atom. The molecule has 152 valence electrons. The molecule has 2 unspecified atom stereocenters. The molecule has 9 heteroatoms. The van der Waals surface area contributed by atoms with Crippen molar-refractivity contribution in [2.45, 2.75) is 43.9 Å². The molecular formula is C20H21BrN4O3S. The van der Waals surface area contributed by atoms with Crippen LogP contribution in [0.15, 0.2) is 38.5 Å². The smallest absolute Gasteiger partial charge is 0.256 e. The van der Waals surface area contributed by atoms with Crippen molar-refractivity contribution in [3.8, 4) is 5.75 Å². The largest absolute Gasteiger partial charge is 0.490 e. The molecule has 5 rings (SSSR count). The summed E-state index contributed by atoms with van der Waals surface area (Å²) in [7, 11) is 0. The molecule has 1 spiro atoms. The molecule has 4 atom stereocenters. The van der Waals surface area contributed by atoms with Crippen molar-refractivity contribution < 1.29 is 14.1 Å². The molecule has 3 aliphatic rings. The van der Waals surface area contributed by atoms with Gasteiger partial charge in [0.15, 0.2) is 5.17 Å². The minimum Gasteiger partial charge on any atom is -0.490 e. The van der Waals surface area contributed by atoms with Gasteiger partial charge in [-0.3, -0.25) is 4.79 Å². The minimum atomic E-state index is -0.423. The van der Waals surface area contributed by atoms with Crippen molar-refractivity contribution in [3.05, 3.63) is 45.8 Å². The van der Waals surface area contributed by atoms with Gasteiger partial charge in [0.2, 0.25) is 0 Å². The van der Waals surface area contributed by atoms with Crippen LogP contribution >= 0.6 is 27.7 Å². The van der Waals surface area contributed by atoms with Crippen molar-refractivity contribution in [3.63, 3.8) is 0 Å². The Hall–Kier alpha value is -2.00. The SMILES string of the molecule is Cc1nocc1C(=O)NC1CC[C@@H]2Oc3ccc(Br)cc3C3(CSC(N)=N3)[C@H]2C1. The van der Waals surface area contributed by atoms with Gasteiger partial charge in [-0.1, -0.05) is 32.8 Å². The second-order valence-corrected chi connectivity index (χ2v) is 9.77. The molecule has 1 fully saturated rings. The number of rotatable bonds is 2. The molecule has 1 aromatic heterocycles. The van der Waals surface area contributed by atoms with E-state index in [4.69, 9.17) is 20.0 Å². The quantitative estimate of drug-likeness (QED) is 0.688. The maximum Gasteiger partial charge on any atom is 0.256 e. The van der Waals surface area contributed by atoms with Gasteiger partial charge in [-0.25, -0.2) is 4.99 Å². The average molecular weight is 477 g/mol. The first kappa shape index (κ1) is 19.0. The summed E-state index contributed by atoms with van der Waals surface area (Å²) in [5, 5.41) is 7.57. The average Bonchev–Trinajstić information content (AvgIpc) is 3.30. The van der Waals surface area contributed by atoms with Crippen LogP contribution in [-0.4, -0.2) is 34.1 Å². The molecule has 0 radical (unpaired) electrons. The number of hydrogen-bond acceptors (Lipinski definition) is 7. The van der Waals surface area contributed by atoms with E-state index >= 15 is 0 Å². The van der Waals surface area contributed by atoms with Crippen LogP contribution in [0.25, 0.3) is 0 Å². The van der Waals surface area contributed by atoms with E-state index in [0.717, 1.165) is 40.8 Å². The number of carbonyl (C=O) groups excluding carboxylic acids is 1. The number of nitrogens with zero attached hydrogens (tertiary/aromatic N) is 2. The predicted molar refractivity (Wildman–Crippen MR) is 114 cm³/mol. The second-order valence-electron chi connectivity index (χ2n) is 7.86. The first-order valence-electron chi connectivity index (χ1n) is 9.63. The lowest BCUT2D eigenvalue weighted by Crippen LogP contribution is -2.54. The number of hydrogen-bond donors (Lipinski definition) is 2. The number of fused-ring (bicyclic) bond motifs is 4. The zero-order valence-electron chi connectivity index (χ0n) is 15.9. The standard InChI is InChI=1S/C20H21BrN4O3S/c1-10-13(8-27-25-10)18(26)23-12-3-5-17-15(7-12)20(9-29-19(22)24-20)14-6-11(21)2-4-16(14)28-17/h2,4,6,8,12,15,17H,3,5,7,9H2,1H3,(H2,22,24)(H,23,26)/t12?,15-,17-,20?/m0/s1. The van der Waals surface area contributed by atoms with Crippen LogP contribution in [0.5, 0.6) is 5.75 Å². The number of aryl methyl sites for hydroxylation is 1. The molecular weight excluding hydrogens is 456 g/mol. The predicted octanol–water partition coefficient (Wildman–Crippen LogP) is 3.36. The van der Waals surface area contributed by atoms with Gasteiger partial charge in [0, 0.05) is 27.7 Å². The van der Waals surface area contributed by atoms with E-state index in [1.807, 2.05) is 12.1 Å². The van der Waals surface area contributed by atoms with Gasteiger partial charge in [0.05, 0.1) is 5.69 Å². The number of carbonyl (C=O) groups is 1. The molecule has 3 heterocycles. The minimum absolute atomic E-state index is 0.0363. The molecule has 2 aliphatic heterocycles. The third-order valence-electron chi connectivity index (χ3n) is 6.17. The number of halogens is 1. The number of thioether (sulfide) groups is 1. The summed E-state index contributed by atoms with van der Waals surface area (Å²) in [5.74, 6) is 1.67. The molecule has 7 nitrogen and oxygen atoms in total. The van der Waals surface area contributed by atoms with E-state index in [-0.39, 0.29) is 24.0 Å². The fraction of sp³-hybridized carbons (Fsp3) is 0.450. The molecule has 1 saturated carbocycles. The van der Waals surface area contributed by atoms with Crippen molar-refractivity contribution in [2.24, 2.45) is 16.6 Å². The first-order chi connectivity index (χ1) is 14.0. The van der Waals surface area contributed by atoms with E-state index in [1.165, 1.54) is 6.26 Å². The van der Waals surface area contributed by atoms with Crippen LogP contribution in [0.4, 0.5) is 0 Å². The van der Waals surface area contributed by atoms with Gasteiger partial charge in [-0.05, 0) is 44.4 Å². The highest BCUT2D eigenvalue weighted by molar-refractivity contribution is 9.10. The van der Waals surface area contributed by atoms with E-state index < -0.39 is 5.54 Å². The van der Waals surface area contributed by atoms with Crippen molar-refractivity contribution in [1.29, 1.82) is 0 Å². The van der Waals surface area contributed by atoms with Crippen LogP contribution in [-0.2, 0) is 5.54 Å². The summed E-state index contributed by atoms with van der Waals surface area (Å²) >= 11 is 5.18.